The van der Waals surface area contributed by atoms with Gasteiger partial charge in [0.2, 0.25) is 0 Å². The Bertz CT molecular complexity index is 700. The molecule has 21 heavy (non-hydrogen) atoms. The van der Waals surface area contributed by atoms with Crippen LogP contribution in [0.2, 0.25) is 0 Å². The van der Waals surface area contributed by atoms with Crippen LogP contribution in [0.25, 0.3) is 0 Å². The Hall–Kier alpha value is -2.96. The van der Waals surface area contributed by atoms with Crippen LogP contribution >= 0.6 is 0 Å². The Morgan fingerprint density at radius 1 is 1.29 bits per heavy atom. The van der Waals surface area contributed by atoms with Crippen molar-refractivity contribution in [2.24, 2.45) is 5.73 Å². The van der Waals surface area contributed by atoms with Crippen LogP contribution in [-0.4, -0.2) is 27.0 Å². The fourth-order valence-corrected chi connectivity index (χ4v) is 1.89. The van der Waals surface area contributed by atoms with Gasteiger partial charge >= 0.3 is 5.97 Å². The first-order valence-electron chi connectivity index (χ1n) is 6.16. The van der Waals surface area contributed by atoms with Crippen LogP contribution in [-0.2, 0) is 6.54 Å². The van der Waals surface area contributed by atoms with Gasteiger partial charge in [-0.1, -0.05) is 0 Å². The van der Waals surface area contributed by atoms with E-state index in [1.165, 1.54) is 18.3 Å². The molecule has 0 radical (unpaired) electrons. The number of nitrogens with zero attached hydrogens (tertiary/aromatic N) is 2. The van der Waals surface area contributed by atoms with E-state index in [-0.39, 0.29) is 12.1 Å². The lowest BCUT2D eigenvalue weighted by atomic mass is 10.1. The molecule has 0 aliphatic carbocycles. The van der Waals surface area contributed by atoms with Gasteiger partial charge in [-0.3, -0.25) is 9.78 Å². The summed E-state index contributed by atoms with van der Waals surface area (Å²) in [6.07, 6.45) is 2.98. The van der Waals surface area contributed by atoms with Crippen molar-refractivity contribution in [3.8, 4) is 0 Å². The van der Waals surface area contributed by atoms with Crippen molar-refractivity contribution in [1.29, 1.82) is 0 Å². The minimum atomic E-state index is -1.02. The number of hydrogen-bond donors (Lipinski definition) is 3. The molecule has 2 aromatic heterocycles. The third-order valence-corrected chi connectivity index (χ3v) is 2.91. The molecule has 0 saturated carbocycles. The maximum absolute atomic E-state index is 11.4. The zero-order valence-electron chi connectivity index (χ0n) is 11.3. The maximum atomic E-state index is 11.4. The molecule has 0 bridgehead atoms. The summed E-state index contributed by atoms with van der Waals surface area (Å²) in [6, 6.07) is 4.55. The smallest absolute Gasteiger partial charge is 0.335 e. The molecule has 0 atom stereocenters. The van der Waals surface area contributed by atoms with E-state index in [0.29, 0.717) is 22.6 Å². The summed E-state index contributed by atoms with van der Waals surface area (Å²) >= 11 is 0. The molecule has 2 heterocycles. The van der Waals surface area contributed by atoms with Gasteiger partial charge < -0.3 is 16.2 Å². The molecule has 2 aromatic rings. The zero-order valence-corrected chi connectivity index (χ0v) is 11.3. The molecular weight excluding hydrogens is 272 g/mol. The monoisotopic (exact) mass is 286 g/mol. The lowest BCUT2D eigenvalue weighted by Crippen LogP contribution is -2.17. The highest BCUT2D eigenvalue weighted by Crippen LogP contribution is 2.16. The molecular formula is C14H14N4O3. The SMILES string of the molecule is Cc1ccnc(NCc2cc(C(=O)O)ccn2)c1C(N)=O. The number of aromatic nitrogens is 2. The summed E-state index contributed by atoms with van der Waals surface area (Å²) in [5.41, 5.74) is 7.03. The first-order chi connectivity index (χ1) is 9.99. The molecule has 1 amide bonds. The molecule has 7 nitrogen and oxygen atoms in total. The summed E-state index contributed by atoms with van der Waals surface area (Å²) in [4.78, 5) is 30.5. The van der Waals surface area contributed by atoms with Crippen molar-refractivity contribution in [3.05, 3.63) is 53.0 Å². The van der Waals surface area contributed by atoms with E-state index in [2.05, 4.69) is 15.3 Å². The molecule has 2 rings (SSSR count). The predicted molar refractivity (Wildman–Crippen MR) is 76.0 cm³/mol. The van der Waals surface area contributed by atoms with Crippen LogP contribution in [0.5, 0.6) is 0 Å². The minimum Gasteiger partial charge on any atom is -0.478 e. The number of carbonyl (C=O) groups is 2. The second-order valence-electron chi connectivity index (χ2n) is 4.41. The summed E-state index contributed by atoms with van der Waals surface area (Å²) in [7, 11) is 0. The number of rotatable bonds is 5. The second kappa shape index (κ2) is 6.00. The number of carboxylic acids is 1. The molecule has 0 unspecified atom stereocenters. The number of hydrogen-bond acceptors (Lipinski definition) is 5. The average molecular weight is 286 g/mol. The largest absolute Gasteiger partial charge is 0.478 e. The van der Waals surface area contributed by atoms with E-state index in [0.717, 1.165) is 0 Å². The third-order valence-electron chi connectivity index (χ3n) is 2.91. The van der Waals surface area contributed by atoms with Crippen molar-refractivity contribution < 1.29 is 14.7 Å². The standard InChI is InChI=1S/C14H14N4O3/c1-8-2-4-17-13(11(8)12(15)19)18-7-10-6-9(14(20)21)3-5-16-10/h2-6H,7H2,1H3,(H2,15,19)(H,17,18)(H,20,21). The number of nitrogens with two attached hydrogens (primary N) is 1. The highest BCUT2D eigenvalue weighted by molar-refractivity contribution is 5.99. The van der Waals surface area contributed by atoms with Crippen molar-refractivity contribution in [2.45, 2.75) is 13.5 Å². The van der Waals surface area contributed by atoms with Crippen LogP contribution in [0.4, 0.5) is 5.82 Å². The zero-order chi connectivity index (χ0) is 15.4. The Balaban J connectivity index is 2.21. The first-order valence-corrected chi connectivity index (χ1v) is 6.16. The molecule has 0 aromatic carbocycles. The molecule has 0 aliphatic heterocycles. The van der Waals surface area contributed by atoms with Gasteiger partial charge in [0.15, 0.2) is 0 Å². The topological polar surface area (TPSA) is 118 Å². The van der Waals surface area contributed by atoms with Gasteiger partial charge in [-0.2, -0.15) is 0 Å². The lowest BCUT2D eigenvalue weighted by Gasteiger charge is -2.10. The van der Waals surface area contributed by atoms with Gasteiger partial charge in [0.05, 0.1) is 23.4 Å². The van der Waals surface area contributed by atoms with Gasteiger partial charge in [0.25, 0.3) is 5.91 Å². The van der Waals surface area contributed by atoms with Crippen LogP contribution < -0.4 is 11.1 Å². The number of amides is 1. The Morgan fingerprint density at radius 3 is 2.67 bits per heavy atom. The number of primary amides is 1. The molecule has 0 fully saturated rings. The number of pyridine rings is 2. The summed E-state index contributed by atoms with van der Waals surface area (Å²) in [5, 5.41) is 11.9. The number of carboxylic acid groups (broad SMARTS) is 1. The number of anilines is 1. The van der Waals surface area contributed by atoms with E-state index in [9.17, 15) is 9.59 Å². The van der Waals surface area contributed by atoms with Gasteiger partial charge in [0, 0.05) is 12.4 Å². The van der Waals surface area contributed by atoms with Crippen molar-refractivity contribution >= 4 is 17.7 Å². The summed E-state index contributed by atoms with van der Waals surface area (Å²) in [6.45, 7) is 1.99. The minimum absolute atomic E-state index is 0.147. The van der Waals surface area contributed by atoms with Crippen LogP contribution in [0, 0.1) is 6.92 Å². The second-order valence-corrected chi connectivity index (χ2v) is 4.41. The number of aryl methyl sites for hydroxylation is 1. The normalized spacial score (nSPS) is 10.1. The van der Waals surface area contributed by atoms with Crippen molar-refractivity contribution in [3.63, 3.8) is 0 Å². The average Bonchev–Trinajstić information content (AvgIpc) is 2.45. The maximum Gasteiger partial charge on any atom is 0.335 e. The molecule has 0 spiro atoms. The fraction of sp³-hybridized carbons (Fsp3) is 0.143. The Kier molecular flexibility index (Phi) is 4.13. The van der Waals surface area contributed by atoms with E-state index in [1.807, 2.05) is 0 Å². The van der Waals surface area contributed by atoms with Crippen LogP contribution in [0.15, 0.2) is 30.6 Å². The van der Waals surface area contributed by atoms with Crippen LogP contribution in [0.1, 0.15) is 32.0 Å². The highest BCUT2D eigenvalue weighted by Gasteiger charge is 2.12. The predicted octanol–water partition coefficient (Wildman–Crippen LogP) is 1.19. The van der Waals surface area contributed by atoms with Gasteiger partial charge in [-0.05, 0) is 30.7 Å². The lowest BCUT2D eigenvalue weighted by molar-refractivity contribution is 0.0696. The van der Waals surface area contributed by atoms with E-state index in [4.69, 9.17) is 10.8 Å². The molecule has 7 heteroatoms. The number of aromatic carboxylic acids is 1. The summed E-state index contributed by atoms with van der Waals surface area (Å²) < 4.78 is 0. The fourth-order valence-electron chi connectivity index (χ4n) is 1.89. The molecule has 0 saturated heterocycles. The third kappa shape index (κ3) is 3.33. The molecule has 4 N–H and O–H groups in total. The highest BCUT2D eigenvalue weighted by atomic mass is 16.4. The number of nitrogens with one attached hydrogen (secondary N) is 1. The molecule has 0 aliphatic rings. The Labute approximate surface area is 120 Å². The van der Waals surface area contributed by atoms with E-state index in [1.54, 1.807) is 19.2 Å². The van der Waals surface area contributed by atoms with Crippen LogP contribution in [0.3, 0.4) is 0 Å². The quantitative estimate of drug-likeness (QED) is 0.759. The summed E-state index contributed by atoms with van der Waals surface area (Å²) in [5.74, 6) is -1.24. The Morgan fingerprint density at radius 2 is 2.00 bits per heavy atom. The number of carbonyl (C=O) groups excluding carboxylic acids is 1. The molecule has 108 valence electrons. The van der Waals surface area contributed by atoms with Crippen molar-refractivity contribution in [1.82, 2.24) is 9.97 Å². The van der Waals surface area contributed by atoms with Gasteiger partial charge in [-0.25, -0.2) is 9.78 Å². The van der Waals surface area contributed by atoms with E-state index < -0.39 is 11.9 Å². The van der Waals surface area contributed by atoms with Gasteiger partial charge in [0.1, 0.15) is 5.82 Å². The van der Waals surface area contributed by atoms with Crippen molar-refractivity contribution in [2.75, 3.05) is 5.32 Å². The van der Waals surface area contributed by atoms with Gasteiger partial charge in [-0.15, -0.1) is 0 Å². The van der Waals surface area contributed by atoms with E-state index >= 15 is 0 Å². The first kappa shape index (κ1) is 14.4.